The van der Waals surface area contributed by atoms with Crippen molar-refractivity contribution in [3.63, 3.8) is 0 Å². The molecule has 38 heavy (non-hydrogen) atoms. The zero-order chi connectivity index (χ0) is 26.0. The SMILES string of the molecule is O=C(NCCc1ccccc1)c1cc(OCc2ccccc2)ccc1-c1ccc(Oc2ccccc2)cc1. The lowest BCUT2D eigenvalue weighted by Gasteiger charge is -2.14. The van der Waals surface area contributed by atoms with Crippen LogP contribution in [0.5, 0.6) is 17.2 Å². The van der Waals surface area contributed by atoms with Crippen LogP contribution < -0.4 is 14.8 Å². The molecule has 1 N–H and O–H groups in total. The summed E-state index contributed by atoms with van der Waals surface area (Å²) < 4.78 is 12.0. The maximum absolute atomic E-state index is 13.4. The highest BCUT2D eigenvalue weighted by Gasteiger charge is 2.15. The van der Waals surface area contributed by atoms with Crippen LogP contribution >= 0.6 is 0 Å². The Hall–Kier alpha value is -4.83. The lowest BCUT2D eigenvalue weighted by atomic mass is 9.98. The first-order valence-electron chi connectivity index (χ1n) is 12.7. The van der Waals surface area contributed by atoms with Gasteiger partial charge in [0.25, 0.3) is 5.91 Å². The van der Waals surface area contributed by atoms with Gasteiger partial charge < -0.3 is 14.8 Å². The fourth-order valence-corrected chi connectivity index (χ4v) is 4.18. The van der Waals surface area contributed by atoms with E-state index >= 15 is 0 Å². The minimum Gasteiger partial charge on any atom is -0.489 e. The quantitative estimate of drug-likeness (QED) is 0.214. The number of para-hydroxylation sites is 1. The molecule has 0 aliphatic heterocycles. The van der Waals surface area contributed by atoms with Gasteiger partial charge >= 0.3 is 0 Å². The third-order valence-corrected chi connectivity index (χ3v) is 6.17. The van der Waals surface area contributed by atoms with Gasteiger partial charge in [-0.25, -0.2) is 0 Å². The fraction of sp³-hybridized carbons (Fsp3) is 0.0882. The van der Waals surface area contributed by atoms with Crippen molar-refractivity contribution in [3.8, 4) is 28.4 Å². The zero-order valence-corrected chi connectivity index (χ0v) is 21.0. The highest BCUT2D eigenvalue weighted by Crippen LogP contribution is 2.30. The van der Waals surface area contributed by atoms with Crippen molar-refractivity contribution in [1.29, 1.82) is 0 Å². The van der Waals surface area contributed by atoms with Crippen LogP contribution in [0, 0.1) is 0 Å². The van der Waals surface area contributed by atoms with E-state index < -0.39 is 0 Å². The van der Waals surface area contributed by atoms with Gasteiger partial charge in [-0.1, -0.05) is 91.0 Å². The Morgan fingerprint density at radius 3 is 1.87 bits per heavy atom. The fourth-order valence-electron chi connectivity index (χ4n) is 4.18. The summed E-state index contributed by atoms with van der Waals surface area (Å²) in [6, 6.07) is 43.2. The molecule has 0 aliphatic rings. The van der Waals surface area contributed by atoms with Crippen molar-refractivity contribution in [2.24, 2.45) is 0 Å². The van der Waals surface area contributed by atoms with Gasteiger partial charge in [0.1, 0.15) is 23.9 Å². The topological polar surface area (TPSA) is 47.6 Å². The molecule has 5 aromatic carbocycles. The van der Waals surface area contributed by atoms with Gasteiger partial charge in [0.15, 0.2) is 0 Å². The van der Waals surface area contributed by atoms with Crippen molar-refractivity contribution < 1.29 is 14.3 Å². The number of carbonyl (C=O) groups is 1. The second-order valence-electron chi connectivity index (χ2n) is 8.91. The molecule has 0 fully saturated rings. The molecule has 0 unspecified atom stereocenters. The number of benzene rings is 5. The number of nitrogens with one attached hydrogen (secondary N) is 1. The van der Waals surface area contributed by atoms with Gasteiger partial charge in [0.2, 0.25) is 0 Å². The van der Waals surface area contributed by atoms with Crippen molar-refractivity contribution >= 4 is 5.91 Å². The Labute approximate surface area is 223 Å². The molecule has 0 radical (unpaired) electrons. The number of hydrogen-bond donors (Lipinski definition) is 1. The summed E-state index contributed by atoms with van der Waals surface area (Å²) in [4.78, 5) is 13.4. The van der Waals surface area contributed by atoms with Gasteiger partial charge in [0, 0.05) is 6.54 Å². The van der Waals surface area contributed by atoms with E-state index in [-0.39, 0.29) is 5.91 Å². The minimum absolute atomic E-state index is 0.134. The van der Waals surface area contributed by atoms with E-state index in [9.17, 15) is 4.79 Å². The average molecular weight is 500 g/mol. The second kappa shape index (κ2) is 12.4. The maximum Gasteiger partial charge on any atom is 0.252 e. The second-order valence-corrected chi connectivity index (χ2v) is 8.91. The molecule has 1 amide bonds. The Kier molecular flexibility index (Phi) is 8.12. The Bertz CT molecular complexity index is 1450. The first-order chi connectivity index (χ1) is 18.7. The third-order valence-electron chi connectivity index (χ3n) is 6.17. The number of hydrogen-bond acceptors (Lipinski definition) is 3. The summed E-state index contributed by atoms with van der Waals surface area (Å²) in [5.74, 6) is 2.02. The van der Waals surface area contributed by atoms with Crippen LogP contribution in [0.1, 0.15) is 21.5 Å². The monoisotopic (exact) mass is 499 g/mol. The van der Waals surface area contributed by atoms with Crippen LogP contribution in [0.4, 0.5) is 0 Å². The van der Waals surface area contributed by atoms with Gasteiger partial charge in [-0.05, 0) is 71.1 Å². The summed E-state index contributed by atoms with van der Waals surface area (Å²) in [7, 11) is 0. The van der Waals surface area contributed by atoms with E-state index in [1.165, 1.54) is 5.56 Å². The van der Waals surface area contributed by atoms with Gasteiger partial charge in [-0.15, -0.1) is 0 Å². The molecule has 0 bridgehead atoms. The van der Waals surface area contributed by atoms with E-state index in [4.69, 9.17) is 9.47 Å². The predicted molar refractivity (Wildman–Crippen MR) is 152 cm³/mol. The van der Waals surface area contributed by atoms with E-state index in [0.29, 0.717) is 24.5 Å². The summed E-state index contributed by atoms with van der Waals surface area (Å²) >= 11 is 0. The minimum atomic E-state index is -0.134. The Morgan fingerprint density at radius 1 is 0.605 bits per heavy atom. The Morgan fingerprint density at radius 2 is 1.18 bits per heavy atom. The van der Waals surface area contributed by atoms with E-state index in [0.717, 1.165) is 34.6 Å². The lowest BCUT2D eigenvalue weighted by Crippen LogP contribution is -2.26. The molecule has 4 nitrogen and oxygen atoms in total. The number of ether oxygens (including phenoxy) is 2. The predicted octanol–water partition coefficient (Wildman–Crippen LogP) is 7.70. The van der Waals surface area contributed by atoms with Gasteiger partial charge in [-0.2, -0.15) is 0 Å². The molecule has 5 aromatic rings. The maximum atomic E-state index is 13.4. The van der Waals surface area contributed by atoms with E-state index in [1.807, 2.05) is 121 Å². The van der Waals surface area contributed by atoms with E-state index in [2.05, 4.69) is 17.4 Å². The van der Waals surface area contributed by atoms with Crippen molar-refractivity contribution in [1.82, 2.24) is 5.32 Å². The zero-order valence-electron chi connectivity index (χ0n) is 21.0. The molecule has 0 saturated heterocycles. The van der Waals surface area contributed by atoms with E-state index in [1.54, 1.807) is 0 Å². The summed E-state index contributed by atoms with van der Waals surface area (Å²) in [6.45, 7) is 0.974. The normalized spacial score (nSPS) is 10.5. The number of amides is 1. The third kappa shape index (κ3) is 6.68. The van der Waals surface area contributed by atoms with Crippen LogP contribution in [0.25, 0.3) is 11.1 Å². The molecular formula is C34H29NO3. The lowest BCUT2D eigenvalue weighted by molar-refractivity contribution is 0.0954. The van der Waals surface area contributed by atoms with Crippen LogP contribution in [0.15, 0.2) is 133 Å². The van der Waals surface area contributed by atoms with Gasteiger partial charge in [-0.3, -0.25) is 4.79 Å². The molecule has 0 spiro atoms. The molecule has 5 rings (SSSR count). The Balaban J connectivity index is 1.35. The van der Waals surface area contributed by atoms with Crippen LogP contribution in [0.3, 0.4) is 0 Å². The van der Waals surface area contributed by atoms with Crippen LogP contribution in [0.2, 0.25) is 0 Å². The largest absolute Gasteiger partial charge is 0.489 e. The summed E-state index contributed by atoms with van der Waals surface area (Å²) in [5, 5.41) is 3.08. The summed E-state index contributed by atoms with van der Waals surface area (Å²) in [6.07, 6.45) is 0.762. The van der Waals surface area contributed by atoms with Crippen LogP contribution in [-0.2, 0) is 13.0 Å². The summed E-state index contributed by atoms with van der Waals surface area (Å²) in [5.41, 5.74) is 4.58. The molecule has 0 aromatic heterocycles. The van der Waals surface area contributed by atoms with Gasteiger partial charge in [0.05, 0.1) is 5.56 Å². The van der Waals surface area contributed by atoms with Crippen molar-refractivity contribution in [2.45, 2.75) is 13.0 Å². The molecule has 188 valence electrons. The van der Waals surface area contributed by atoms with Crippen LogP contribution in [-0.4, -0.2) is 12.5 Å². The molecule has 0 saturated carbocycles. The molecule has 0 heterocycles. The number of rotatable bonds is 10. The van der Waals surface area contributed by atoms with Crippen molar-refractivity contribution in [3.05, 3.63) is 150 Å². The molecule has 0 atom stereocenters. The first kappa shape index (κ1) is 24.8. The molecular weight excluding hydrogens is 470 g/mol. The molecule has 4 heteroatoms. The smallest absolute Gasteiger partial charge is 0.252 e. The molecule has 0 aliphatic carbocycles. The highest BCUT2D eigenvalue weighted by atomic mass is 16.5. The van der Waals surface area contributed by atoms with Crippen molar-refractivity contribution in [2.75, 3.05) is 6.54 Å². The highest BCUT2D eigenvalue weighted by molar-refractivity contribution is 6.01. The number of carbonyl (C=O) groups excluding carboxylic acids is 1. The first-order valence-corrected chi connectivity index (χ1v) is 12.7. The average Bonchev–Trinajstić information content (AvgIpc) is 2.98. The standard InChI is InChI=1S/C34H29NO3/c36-34(35-23-22-26-10-4-1-5-11-26)33-24-31(37-25-27-12-6-2-7-13-27)20-21-32(33)28-16-18-30(19-17-28)38-29-14-8-3-9-15-29/h1-21,24H,22-23,25H2,(H,35,36).